The molecule has 0 atom stereocenters. The predicted molar refractivity (Wildman–Crippen MR) is 87.2 cm³/mol. The van der Waals surface area contributed by atoms with Crippen LogP contribution in [0.5, 0.6) is 0 Å². The molecule has 1 aromatic heterocycles. The number of anilines is 1. The van der Waals surface area contributed by atoms with Gasteiger partial charge in [-0.2, -0.15) is 0 Å². The molecule has 1 aliphatic heterocycles. The zero-order chi connectivity index (χ0) is 14.8. The highest BCUT2D eigenvalue weighted by Crippen LogP contribution is 2.24. The Bertz CT molecular complexity index is 639. The number of fused-ring (bicyclic) bond motifs is 1. The molecule has 0 bridgehead atoms. The van der Waals surface area contributed by atoms with Gasteiger partial charge in [0.25, 0.3) is 0 Å². The van der Waals surface area contributed by atoms with Crippen molar-refractivity contribution >= 4 is 22.4 Å². The van der Waals surface area contributed by atoms with Crippen molar-refractivity contribution in [3.8, 4) is 0 Å². The number of rotatable bonds is 4. The highest BCUT2D eigenvalue weighted by atomic mass is 16.1. The molecule has 2 heterocycles. The molecule has 1 saturated heterocycles. The normalized spacial score (nSPS) is 16.3. The molecule has 0 saturated carbocycles. The molecular formula is C17H23N3O. The van der Waals surface area contributed by atoms with Gasteiger partial charge < -0.3 is 9.88 Å². The highest BCUT2D eigenvalue weighted by Gasteiger charge is 2.18. The van der Waals surface area contributed by atoms with E-state index in [0.717, 1.165) is 35.2 Å². The molecule has 4 nitrogen and oxygen atoms in total. The Morgan fingerprint density at radius 2 is 2.00 bits per heavy atom. The van der Waals surface area contributed by atoms with E-state index in [9.17, 15) is 4.79 Å². The third kappa shape index (κ3) is 2.95. The number of ketones is 1. The zero-order valence-electron chi connectivity index (χ0n) is 12.9. The fourth-order valence-corrected chi connectivity index (χ4v) is 3.02. The van der Waals surface area contributed by atoms with Crippen molar-refractivity contribution in [1.29, 1.82) is 0 Å². The second kappa shape index (κ2) is 5.90. The summed E-state index contributed by atoms with van der Waals surface area (Å²) in [4.78, 5) is 20.1. The van der Waals surface area contributed by atoms with Crippen LogP contribution in [0.25, 0.3) is 10.9 Å². The Morgan fingerprint density at radius 1 is 1.24 bits per heavy atom. The number of nitrogens with one attached hydrogen (secondary N) is 1. The van der Waals surface area contributed by atoms with E-state index in [4.69, 9.17) is 0 Å². The largest absolute Gasteiger partial charge is 0.378 e. The van der Waals surface area contributed by atoms with Gasteiger partial charge in [-0.15, -0.1) is 0 Å². The summed E-state index contributed by atoms with van der Waals surface area (Å²) in [5.74, 6) is 0.221. The van der Waals surface area contributed by atoms with E-state index in [1.165, 1.54) is 19.3 Å². The lowest BCUT2D eigenvalue weighted by molar-refractivity contribution is 0.0917. The Hall–Kier alpha value is -1.81. The molecule has 3 rings (SSSR count). The number of Topliss-reactive ketones (excluding diaryl/α,β-unsaturated/α-hetero) is 1. The van der Waals surface area contributed by atoms with E-state index in [1.54, 1.807) is 0 Å². The van der Waals surface area contributed by atoms with Gasteiger partial charge >= 0.3 is 0 Å². The predicted octanol–water partition coefficient (Wildman–Crippen LogP) is 2.90. The maximum atomic E-state index is 12.6. The van der Waals surface area contributed by atoms with E-state index in [0.29, 0.717) is 6.54 Å². The number of hydrogen-bond donors (Lipinski definition) is 1. The van der Waals surface area contributed by atoms with Crippen LogP contribution in [0.15, 0.2) is 24.4 Å². The first kappa shape index (κ1) is 14.1. The topological polar surface area (TPSA) is 39.3 Å². The molecule has 1 N–H and O–H groups in total. The molecule has 21 heavy (non-hydrogen) atoms. The van der Waals surface area contributed by atoms with E-state index in [2.05, 4.69) is 26.9 Å². The lowest BCUT2D eigenvalue weighted by Gasteiger charge is -2.25. The number of aromatic nitrogens is 1. The monoisotopic (exact) mass is 285 g/mol. The number of hydrogen-bond acceptors (Lipinski definition) is 3. The zero-order valence-corrected chi connectivity index (χ0v) is 12.9. The van der Waals surface area contributed by atoms with Crippen LogP contribution in [-0.2, 0) is 0 Å². The summed E-state index contributed by atoms with van der Waals surface area (Å²) in [6, 6.07) is 6.20. The molecule has 4 heteroatoms. The maximum Gasteiger partial charge on any atom is 0.178 e. The van der Waals surface area contributed by atoms with Gasteiger partial charge in [0.1, 0.15) is 0 Å². The number of likely N-dealkylation sites (tertiary alicyclic amines) is 1. The van der Waals surface area contributed by atoms with E-state index < -0.39 is 0 Å². The fourth-order valence-electron chi connectivity index (χ4n) is 3.02. The van der Waals surface area contributed by atoms with Crippen LogP contribution in [0.4, 0.5) is 5.69 Å². The van der Waals surface area contributed by atoms with Gasteiger partial charge in [0.05, 0.1) is 6.54 Å². The van der Waals surface area contributed by atoms with Crippen LogP contribution < -0.4 is 4.90 Å². The van der Waals surface area contributed by atoms with Gasteiger partial charge in [0.15, 0.2) is 5.78 Å². The van der Waals surface area contributed by atoms with Gasteiger partial charge in [-0.05, 0) is 44.1 Å². The third-order valence-electron chi connectivity index (χ3n) is 4.30. The summed E-state index contributed by atoms with van der Waals surface area (Å²) in [6.45, 7) is 2.65. The molecule has 0 unspecified atom stereocenters. The Morgan fingerprint density at radius 3 is 2.71 bits per heavy atom. The minimum absolute atomic E-state index is 0.221. The summed E-state index contributed by atoms with van der Waals surface area (Å²) in [5, 5.41) is 1.03. The minimum atomic E-state index is 0.221. The van der Waals surface area contributed by atoms with Gasteiger partial charge in [-0.1, -0.05) is 6.42 Å². The molecule has 1 fully saturated rings. The lowest BCUT2D eigenvalue weighted by Crippen LogP contribution is -2.34. The number of nitrogens with zero attached hydrogens (tertiary/aromatic N) is 2. The summed E-state index contributed by atoms with van der Waals surface area (Å²) in [7, 11) is 4.03. The van der Waals surface area contributed by atoms with E-state index in [-0.39, 0.29) is 5.78 Å². The van der Waals surface area contributed by atoms with Crippen molar-refractivity contribution < 1.29 is 4.79 Å². The molecule has 0 spiro atoms. The van der Waals surface area contributed by atoms with E-state index in [1.807, 2.05) is 26.4 Å². The smallest absolute Gasteiger partial charge is 0.178 e. The van der Waals surface area contributed by atoms with Crippen LogP contribution in [0.2, 0.25) is 0 Å². The number of benzene rings is 1. The molecule has 2 aromatic rings. The van der Waals surface area contributed by atoms with Gasteiger partial charge in [-0.25, -0.2) is 0 Å². The van der Waals surface area contributed by atoms with Crippen LogP contribution >= 0.6 is 0 Å². The van der Waals surface area contributed by atoms with Crippen molar-refractivity contribution in [1.82, 2.24) is 9.88 Å². The first-order valence-electron chi connectivity index (χ1n) is 7.69. The lowest BCUT2D eigenvalue weighted by atomic mass is 10.1. The SMILES string of the molecule is CN(C)c1ccc2[nH]cc(C(=O)CN3CCCCC3)c2c1. The molecule has 1 aliphatic rings. The Kier molecular flexibility index (Phi) is 3.97. The van der Waals surface area contributed by atoms with Crippen LogP contribution in [-0.4, -0.2) is 49.4 Å². The Balaban J connectivity index is 1.85. The second-order valence-electron chi connectivity index (χ2n) is 6.09. The van der Waals surface area contributed by atoms with Crippen LogP contribution in [0.3, 0.4) is 0 Å². The summed E-state index contributed by atoms with van der Waals surface area (Å²) >= 11 is 0. The third-order valence-corrected chi connectivity index (χ3v) is 4.30. The van der Waals surface area contributed by atoms with Crippen molar-refractivity contribution in [2.45, 2.75) is 19.3 Å². The van der Waals surface area contributed by atoms with Crippen molar-refractivity contribution in [3.05, 3.63) is 30.0 Å². The Labute approximate surface area is 125 Å². The first-order chi connectivity index (χ1) is 10.1. The summed E-state index contributed by atoms with van der Waals surface area (Å²) < 4.78 is 0. The first-order valence-corrected chi connectivity index (χ1v) is 7.69. The van der Waals surface area contributed by atoms with Gasteiger partial charge in [-0.3, -0.25) is 9.69 Å². The number of carbonyl (C=O) groups excluding carboxylic acids is 1. The summed E-state index contributed by atoms with van der Waals surface area (Å²) in [5.41, 5.74) is 2.97. The average Bonchev–Trinajstić information content (AvgIpc) is 2.91. The van der Waals surface area contributed by atoms with Crippen LogP contribution in [0, 0.1) is 0 Å². The average molecular weight is 285 g/mol. The highest BCUT2D eigenvalue weighted by molar-refractivity contribution is 6.09. The number of aromatic amines is 1. The van der Waals surface area contributed by atoms with Gasteiger partial charge in [0.2, 0.25) is 0 Å². The molecule has 0 radical (unpaired) electrons. The molecule has 0 aliphatic carbocycles. The van der Waals surface area contributed by atoms with Crippen molar-refractivity contribution in [3.63, 3.8) is 0 Å². The van der Waals surface area contributed by atoms with Crippen molar-refractivity contribution in [2.24, 2.45) is 0 Å². The summed E-state index contributed by atoms with van der Waals surface area (Å²) in [6.07, 6.45) is 5.58. The standard InChI is InChI=1S/C17H23N3O/c1-19(2)13-6-7-16-14(10-13)15(11-18-16)17(21)12-20-8-4-3-5-9-20/h6-7,10-11,18H,3-5,8-9,12H2,1-2H3. The van der Waals surface area contributed by atoms with E-state index >= 15 is 0 Å². The second-order valence-corrected chi connectivity index (χ2v) is 6.09. The fraction of sp³-hybridized carbons (Fsp3) is 0.471. The molecule has 112 valence electrons. The molecule has 1 aromatic carbocycles. The van der Waals surface area contributed by atoms with Crippen molar-refractivity contribution in [2.75, 3.05) is 38.6 Å². The number of piperidine rings is 1. The van der Waals surface area contributed by atoms with Crippen LogP contribution in [0.1, 0.15) is 29.6 Å². The minimum Gasteiger partial charge on any atom is -0.378 e. The molecule has 0 amide bonds. The number of carbonyl (C=O) groups is 1. The number of H-pyrrole nitrogens is 1. The van der Waals surface area contributed by atoms with Gasteiger partial charge in [0, 0.05) is 42.4 Å². The quantitative estimate of drug-likeness (QED) is 0.878. The molecular weight excluding hydrogens is 262 g/mol. The maximum absolute atomic E-state index is 12.6.